The molecule has 6 aromatic carbocycles. The zero-order valence-electron chi connectivity index (χ0n) is 39.7. The molecule has 0 amide bonds. The van der Waals surface area contributed by atoms with E-state index >= 15 is 0 Å². The maximum atomic E-state index is 2.76. The number of rotatable bonds is 13. The molecule has 0 unspecified atom stereocenters. The summed E-state index contributed by atoms with van der Waals surface area (Å²) in [5.41, 5.74) is 8.48. The lowest BCUT2D eigenvalue weighted by Crippen LogP contribution is -2.70. The van der Waals surface area contributed by atoms with Gasteiger partial charge in [-0.1, -0.05) is 255 Å². The summed E-state index contributed by atoms with van der Waals surface area (Å²) in [5.74, 6) is 0. The second kappa shape index (κ2) is 16.8. The molecule has 8 aliphatic carbocycles. The largest absolute Gasteiger partial charge is 0.0776 e. The summed E-state index contributed by atoms with van der Waals surface area (Å²) >= 11 is 0. The Morgan fingerprint density at radius 2 is 0.338 bits per heavy atom. The zero-order valence-corrected chi connectivity index (χ0v) is 39.7. The van der Waals surface area contributed by atoms with Gasteiger partial charge in [-0.3, -0.25) is 0 Å². The molecule has 68 heavy (non-hydrogen) atoms. The maximum Gasteiger partial charge on any atom is -0.00929 e. The summed E-state index contributed by atoms with van der Waals surface area (Å²) < 4.78 is 0. The van der Waals surface area contributed by atoms with Crippen LogP contribution in [0.4, 0.5) is 0 Å². The Bertz CT molecular complexity index is 2360. The molecule has 0 aromatic heterocycles. The molecule has 0 saturated heterocycles. The van der Waals surface area contributed by atoms with Crippen LogP contribution in [-0.2, 0) is 0 Å². The van der Waals surface area contributed by atoms with Crippen molar-refractivity contribution >= 4 is 36.5 Å². The second-order valence-electron chi connectivity index (χ2n) is 23.3. The fourth-order valence-corrected chi connectivity index (χ4v) is 17.0. The summed E-state index contributed by atoms with van der Waals surface area (Å²) in [6.45, 7) is 0. The Hall–Kier alpha value is -6.24. The van der Waals surface area contributed by atoms with Gasteiger partial charge in [-0.25, -0.2) is 0 Å². The Balaban J connectivity index is 1.08. The molecule has 0 spiro atoms. The van der Waals surface area contributed by atoms with Crippen LogP contribution in [0, 0.1) is 43.3 Å². The van der Waals surface area contributed by atoms with Gasteiger partial charge >= 0.3 is 0 Å². The molecule has 6 aromatic rings. The Labute approximate surface area is 406 Å². The van der Waals surface area contributed by atoms with Gasteiger partial charge in [0, 0.05) is 0 Å². The summed E-state index contributed by atoms with van der Waals surface area (Å²) in [6.07, 6.45) is 46.5. The molecule has 338 valence electrons. The summed E-state index contributed by atoms with van der Waals surface area (Å²) in [5, 5.41) is 0. The fraction of sp³-hybridized carbons (Fsp3) is 0.294. The van der Waals surface area contributed by atoms with Gasteiger partial charge in [-0.15, -0.1) is 0 Å². The molecule has 0 radical (unpaired) electrons. The lowest BCUT2D eigenvalue weighted by atomic mass is 9.24. The van der Waals surface area contributed by atoms with Crippen molar-refractivity contribution in [1.82, 2.24) is 0 Å². The maximum absolute atomic E-state index is 2.76. The van der Waals surface area contributed by atoms with Crippen molar-refractivity contribution in [3.63, 3.8) is 0 Å². The van der Waals surface area contributed by atoms with Crippen LogP contribution in [0.1, 0.15) is 110 Å². The van der Waals surface area contributed by atoms with E-state index in [9.17, 15) is 0 Å². The van der Waals surface area contributed by atoms with Crippen molar-refractivity contribution in [2.24, 2.45) is 43.3 Å². The van der Waals surface area contributed by atoms with E-state index in [-0.39, 0.29) is 43.3 Å². The number of hydrogen-bond donors (Lipinski definition) is 0. The Morgan fingerprint density at radius 3 is 0.485 bits per heavy atom. The van der Waals surface area contributed by atoms with Crippen LogP contribution in [0.3, 0.4) is 0 Å². The molecule has 8 fully saturated rings. The summed E-state index contributed by atoms with van der Waals surface area (Å²) in [7, 11) is 0. The first kappa shape index (κ1) is 43.1. The fourth-order valence-electron chi connectivity index (χ4n) is 17.0. The second-order valence-corrected chi connectivity index (χ2v) is 23.3. The molecule has 0 N–H and O–H groups in total. The van der Waals surface area contributed by atoms with Crippen LogP contribution in [0.2, 0.25) is 0 Å². The van der Waals surface area contributed by atoms with Gasteiger partial charge in [0.1, 0.15) is 0 Å². The van der Waals surface area contributed by atoms with Crippen molar-refractivity contribution < 1.29 is 0 Å². The van der Waals surface area contributed by atoms with E-state index in [4.69, 9.17) is 0 Å². The van der Waals surface area contributed by atoms with E-state index in [2.05, 4.69) is 255 Å². The average Bonchev–Trinajstić information content (AvgIpc) is 3.36. The van der Waals surface area contributed by atoms with Gasteiger partial charge in [0.25, 0.3) is 0 Å². The highest BCUT2D eigenvalue weighted by atomic mass is 14.8. The van der Waals surface area contributed by atoms with Gasteiger partial charge < -0.3 is 0 Å². The molecule has 8 saturated carbocycles. The van der Waals surface area contributed by atoms with E-state index in [1.807, 2.05) is 0 Å². The van der Waals surface area contributed by atoms with Crippen molar-refractivity contribution in [1.29, 1.82) is 0 Å². The highest BCUT2D eigenvalue weighted by Gasteiger charge is 2.76. The molecule has 8 aliphatic rings. The predicted octanol–water partition coefficient (Wildman–Crippen LogP) is 17.9. The summed E-state index contributed by atoms with van der Waals surface area (Å²) in [6, 6.07) is 67.0. The first-order valence-electron chi connectivity index (χ1n) is 25.7. The van der Waals surface area contributed by atoms with Gasteiger partial charge in [0.15, 0.2) is 0 Å². The minimum absolute atomic E-state index is 0.0586. The normalized spacial score (nSPS) is 34.8. The van der Waals surface area contributed by atoms with Gasteiger partial charge in [0.2, 0.25) is 0 Å². The van der Waals surface area contributed by atoms with Crippen molar-refractivity contribution in [3.8, 4) is 0 Å². The molecule has 14 rings (SSSR count). The van der Waals surface area contributed by atoms with Crippen molar-refractivity contribution in [2.45, 2.75) is 77.0 Å². The van der Waals surface area contributed by atoms with E-state index in [0.29, 0.717) is 0 Å². The summed E-state index contributed by atoms with van der Waals surface area (Å²) in [4.78, 5) is 0. The lowest BCUT2D eigenvalue weighted by Gasteiger charge is -2.79. The van der Waals surface area contributed by atoms with Crippen LogP contribution >= 0.6 is 0 Å². The van der Waals surface area contributed by atoms with Crippen molar-refractivity contribution in [2.75, 3.05) is 0 Å². The van der Waals surface area contributed by atoms with Gasteiger partial charge in [-0.05, 0) is 154 Å². The topological polar surface area (TPSA) is 0 Å². The molecule has 8 bridgehead atoms. The van der Waals surface area contributed by atoms with Crippen LogP contribution < -0.4 is 0 Å². The van der Waals surface area contributed by atoms with Gasteiger partial charge in [-0.2, -0.15) is 0 Å². The minimum atomic E-state index is 0.0586. The molecular formula is C68H66. The first-order valence-corrected chi connectivity index (χ1v) is 25.7. The molecule has 0 heteroatoms. The van der Waals surface area contributed by atoms with E-state index in [1.165, 1.54) is 110 Å². The third-order valence-electron chi connectivity index (χ3n) is 18.1. The van der Waals surface area contributed by atoms with Crippen LogP contribution in [0.5, 0.6) is 0 Å². The van der Waals surface area contributed by atoms with Crippen molar-refractivity contribution in [3.05, 3.63) is 252 Å². The average molecular weight is 883 g/mol. The number of allylic oxidation sites excluding steroid dienone is 6. The molecular weight excluding hydrogens is 817 g/mol. The van der Waals surface area contributed by atoms with E-state index in [1.54, 1.807) is 0 Å². The smallest absolute Gasteiger partial charge is 0.00929 e. The number of hydrogen-bond acceptors (Lipinski definition) is 0. The Morgan fingerprint density at radius 1 is 0.191 bits per heavy atom. The molecule has 0 aliphatic heterocycles. The monoisotopic (exact) mass is 883 g/mol. The van der Waals surface area contributed by atoms with Crippen LogP contribution in [-0.4, -0.2) is 0 Å². The quantitative estimate of drug-likeness (QED) is 0.108. The molecule has 0 heterocycles. The highest BCUT2D eigenvalue weighted by Crippen LogP contribution is 2.86. The van der Waals surface area contributed by atoms with Crippen LogP contribution in [0.15, 0.2) is 218 Å². The molecule has 0 nitrogen and oxygen atoms in total. The lowest BCUT2D eigenvalue weighted by molar-refractivity contribution is -0.269. The third kappa shape index (κ3) is 8.19. The minimum Gasteiger partial charge on any atom is -0.0776 e. The standard InChI is InChI=1S/C68H66/c1-7-19-55(20-8-1)31-37-61-43-62(38-32-56-21-9-2-10-22-56)45-63(44-61,39-33-57-23-11-3-12-24-57)51-67(49-61,50-62)68-52-64(40-34-58-25-13-4-14-26-58)46-65(53-68,41-35-59-27-15-5-16-28-59)48-66(47-64,54-68)42-36-60-29-17-6-18-30-60/h1-42H,43-54H2. The van der Waals surface area contributed by atoms with E-state index in [0.717, 1.165) is 0 Å². The third-order valence-corrected chi connectivity index (χ3v) is 18.1. The highest BCUT2D eigenvalue weighted by molar-refractivity contribution is 5.58. The number of benzene rings is 6. The van der Waals surface area contributed by atoms with Gasteiger partial charge in [0.05, 0.1) is 0 Å². The van der Waals surface area contributed by atoms with Crippen LogP contribution in [0.25, 0.3) is 36.5 Å². The van der Waals surface area contributed by atoms with E-state index < -0.39 is 0 Å². The SMILES string of the molecule is C(=CC12CC3(C=Cc4ccccc4)CC(C=Cc4ccccc4)(C1)CC(C14CC5(C=Cc6ccccc6)CC(C=Cc6ccccc6)(CC(C=Cc6ccccc6)(C5)C1)C4)(C2)C3)c1ccccc1. The zero-order chi connectivity index (χ0) is 45.6. The predicted molar refractivity (Wildman–Crippen MR) is 288 cm³/mol. The first-order chi connectivity index (χ1) is 33.2. The molecule has 0 atom stereocenters. The Kier molecular flexibility index (Phi) is 10.6.